The SMILES string of the molecule is c1ccc(-c2cccc(-c3cc(C4=NC(c5ccccc5)NC(c5ccc6ccccc6c5)=N4)cc4oc5ccc6ccccc6c5c34)c2)cc1. The quantitative estimate of drug-likeness (QED) is 0.201. The van der Waals surface area contributed by atoms with Crippen molar-refractivity contribution in [2.75, 3.05) is 0 Å². The Kier molecular flexibility index (Phi) is 6.85. The van der Waals surface area contributed by atoms with Crippen LogP contribution in [0.5, 0.6) is 0 Å². The molecule has 0 bridgehead atoms. The molecule has 0 saturated heterocycles. The zero-order valence-electron chi connectivity index (χ0n) is 27.6. The van der Waals surface area contributed by atoms with Gasteiger partial charge in [0.2, 0.25) is 0 Å². The summed E-state index contributed by atoms with van der Waals surface area (Å²) in [6.07, 6.45) is -0.319. The van der Waals surface area contributed by atoms with Gasteiger partial charge in [-0.05, 0) is 79.7 Å². The van der Waals surface area contributed by atoms with E-state index < -0.39 is 0 Å². The Morgan fingerprint density at radius 2 is 1.16 bits per heavy atom. The second-order valence-corrected chi connectivity index (χ2v) is 13.0. The molecule has 1 aliphatic rings. The van der Waals surface area contributed by atoms with Crippen LogP contribution < -0.4 is 5.32 Å². The lowest BCUT2D eigenvalue weighted by molar-refractivity contribution is 0.668. The highest BCUT2D eigenvalue weighted by atomic mass is 16.3. The van der Waals surface area contributed by atoms with Gasteiger partial charge in [-0.15, -0.1) is 0 Å². The minimum absolute atomic E-state index is 0.319. The van der Waals surface area contributed by atoms with Gasteiger partial charge in [0.15, 0.2) is 5.84 Å². The van der Waals surface area contributed by atoms with Crippen LogP contribution in [0.3, 0.4) is 0 Å². The van der Waals surface area contributed by atoms with E-state index in [0.29, 0.717) is 5.84 Å². The number of nitrogens with zero attached hydrogens (tertiary/aromatic N) is 2. The number of rotatable bonds is 5. The van der Waals surface area contributed by atoms with Gasteiger partial charge in [0.1, 0.15) is 23.2 Å². The molecule has 0 aliphatic carbocycles. The highest BCUT2D eigenvalue weighted by molar-refractivity contribution is 6.24. The summed E-state index contributed by atoms with van der Waals surface area (Å²) in [6, 6.07) is 61.7. The fourth-order valence-electron chi connectivity index (χ4n) is 7.39. The average molecular weight is 654 g/mol. The molecular weight excluding hydrogens is 623 g/mol. The predicted octanol–water partition coefficient (Wildman–Crippen LogP) is 11.7. The highest BCUT2D eigenvalue weighted by Crippen LogP contribution is 2.42. The van der Waals surface area contributed by atoms with E-state index in [9.17, 15) is 0 Å². The average Bonchev–Trinajstić information content (AvgIpc) is 3.60. The molecule has 1 atom stereocenters. The van der Waals surface area contributed by atoms with Gasteiger partial charge in [-0.25, -0.2) is 9.98 Å². The lowest BCUT2D eigenvalue weighted by Crippen LogP contribution is -2.33. The molecule has 1 unspecified atom stereocenters. The van der Waals surface area contributed by atoms with Crippen molar-refractivity contribution in [2.45, 2.75) is 6.17 Å². The third-order valence-corrected chi connectivity index (χ3v) is 9.88. The van der Waals surface area contributed by atoms with E-state index in [1.54, 1.807) is 0 Å². The number of hydrogen-bond donors (Lipinski definition) is 1. The fraction of sp³-hybridized carbons (Fsp3) is 0.0213. The maximum Gasteiger partial charge on any atom is 0.159 e. The molecule has 0 saturated carbocycles. The van der Waals surface area contributed by atoms with E-state index in [1.807, 2.05) is 6.07 Å². The number of aliphatic imine (C=N–C) groups is 2. The molecule has 0 amide bonds. The minimum Gasteiger partial charge on any atom is -0.456 e. The highest BCUT2D eigenvalue weighted by Gasteiger charge is 2.24. The first-order valence-corrected chi connectivity index (χ1v) is 17.3. The molecule has 0 spiro atoms. The van der Waals surface area contributed by atoms with Crippen molar-refractivity contribution < 1.29 is 4.42 Å². The normalized spacial score (nSPS) is 14.5. The monoisotopic (exact) mass is 653 g/mol. The third kappa shape index (κ3) is 5.17. The second kappa shape index (κ2) is 12.0. The Bertz CT molecular complexity index is 2830. The van der Waals surface area contributed by atoms with E-state index >= 15 is 0 Å². The number of fused-ring (bicyclic) bond motifs is 6. The molecule has 2 heterocycles. The van der Waals surface area contributed by atoms with Crippen LogP contribution in [0.25, 0.3) is 65.7 Å². The topological polar surface area (TPSA) is 49.9 Å². The lowest BCUT2D eigenvalue weighted by Gasteiger charge is -2.24. The molecule has 0 fully saturated rings. The maximum absolute atomic E-state index is 6.72. The first kappa shape index (κ1) is 29.2. The number of nitrogens with one attached hydrogen (secondary N) is 1. The number of furan rings is 1. The summed E-state index contributed by atoms with van der Waals surface area (Å²) < 4.78 is 6.72. The van der Waals surface area contributed by atoms with E-state index in [-0.39, 0.29) is 6.17 Å². The molecule has 240 valence electrons. The van der Waals surface area contributed by atoms with Crippen molar-refractivity contribution in [3.8, 4) is 22.3 Å². The van der Waals surface area contributed by atoms with Gasteiger partial charge >= 0.3 is 0 Å². The van der Waals surface area contributed by atoms with Crippen LogP contribution >= 0.6 is 0 Å². The van der Waals surface area contributed by atoms with Crippen LogP contribution in [-0.2, 0) is 0 Å². The largest absolute Gasteiger partial charge is 0.456 e. The molecule has 9 aromatic rings. The third-order valence-electron chi connectivity index (χ3n) is 9.88. The Labute approximate surface area is 295 Å². The van der Waals surface area contributed by atoms with Gasteiger partial charge < -0.3 is 9.73 Å². The van der Waals surface area contributed by atoms with E-state index in [0.717, 1.165) is 66.5 Å². The first-order valence-electron chi connectivity index (χ1n) is 17.3. The maximum atomic E-state index is 6.72. The minimum atomic E-state index is -0.319. The summed E-state index contributed by atoms with van der Waals surface area (Å²) in [4.78, 5) is 10.5. The van der Waals surface area contributed by atoms with Crippen molar-refractivity contribution in [3.05, 3.63) is 193 Å². The van der Waals surface area contributed by atoms with Crippen LogP contribution in [-0.4, -0.2) is 11.7 Å². The van der Waals surface area contributed by atoms with Crippen molar-refractivity contribution in [2.24, 2.45) is 9.98 Å². The first-order chi connectivity index (χ1) is 25.2. The zero-order chi connectivity index (χ0) is 33.7. The Morgan fingerprint density at radius 3 is 2.02 bits per heavy atom. The van der Waals surface area contributed by atoms with Gasteiger partial charge in [-0.3, -0.25) is 0 Å². The summed E-state index contributed by atoms with van der Waals surface area (Å²) in [7, 11) is 0. The van der Waals surface area contributed by atoms with E-state index in [1.165, 1.54) is 21.7 Å². The van der Waals surface area contributed by atoms with Gasteiger partial charge in [-0.1, -0.05) is 146 Å². The summed E-state index contributed by atoms with van der Waals surface area (Å²) >= 11 is 0. The van der Waals surface area contributed by atoms with Crippen molar-refractivity contribution in [1.82, 2.24) is 5.32 Å². The molecular formula is C47H31N3O. The standard InChI is InChI=1S/C47H31N3O/c1-3-12-30(13-4-1)35-19-11-20-36(26-35)40-28-38(29-42-44(40)43-39-21-10-9-15-32(39)24-25-41(43)51-42)47-49-45(33-16-5-2-6-17-33)48-46(50-47)37-23-22-31-14-7-8-18-34(31)27-37/h1-29,45H,(H,48,49,50). The van der Waals surface area contributed by atoms with Crippen LogP contribution in [0.4, 0.5) is 0 Å². The van der Waals surface area contributed by atoms with Crippen LogP contribution in [0, 0.1) is 0 Å². The lowest BCUT2D eigenvalue weighted by atomic mass is 9.93. The molecule has 4 nitrogen and oxygen atoms in total. The van der Waals surface area contributed by atoms with Crippen LogP contribution in [0.1, 0.15) is 22.9 Å². The number of benzene rings is 8. The Morgan fingerprint density at radius 1 is 0.451 bits per heavy atom. The molecule has 1 N–H and O–H groups in total. The molecule has 1 aliphatic heterocycles. The molecule has 8 aromatic carbocycles. The number of hydrogen-bond acceptors (Lipinski definition) is 4. The molecule has 51 heavy (non-hydrogen) atoms. The molecule has 4 heteroatoms. The smallest absolute Gasteiger partial charge is 0.159 e. The number of amidine groups is 2. The van der Waals surface area contributed by atoms with Crippen molar-refractivity contribution in [1.29, 1.82) is 0 Å². The molecule has 10 rings (SSSR count). The van der Waals surface area contributed by atoms with E-state index in [2.05, 4.69) is 175 Å². The summed E-state index contributed by atoms with van der Waals surface area (Å²) in [5, 5.41) is 10.5. The van der Waals surface area contributed by atoms with Crippen LogP contribution in [0.15, 0.2) is 190 Å². The summed E-state index contributed by atoms with van der Waals surface area (Å²) in [6.45, 7) is 0. The van der Waals surface area contributed by atoms with Crippen molar-refractivity contribution in [3.63, 3.8) is 0 Å². The summed E-state index contributed by atoms with van der Waals surface area (Å²) in [5.74, 6) is 1.43. The predicted molar refractivity (Wildman–Crippen MR) is 211 cm³/mol. The molecule has 0 radical (unpaired) electrons. The van der Waals surface area contributed by atoms with Crippen molar-refractivity contribution >= 4 is 55.2 Å². The van der Waals surface area contributed by atoms with Gasteiger partial charge in [0.05, 0.1) is 0 Å². The second-order valence-electron chi connectivity index (χ2n) is 13.0. The van der Waals surface area contributed by atoms with Gasteiger partial charge in [0.25, 0.3) is 0 Å². The van der Waals surface area contributed by atoms with Crippen LogP contribution in [0.2, 0.25) is 0 Å². The van der Waals surface area contributed by atoms with E-state index in [4.69, 9.17) is 14.4 Å². The zero-order valence-corrected chi connectivity index (χ0v) is 27.6. The van der Waals surface area contributed by atoms with Gasteiger partial charge in [-0.2, -0.15) is 0 Å². The Balaban J connectivity index is 1.22. The summed E-state index contributed by atoms with van der Waals surface area (Å²) in [5.41, 5.74) is 9.14. The Hall–Kier alpha value is -6.78. The fourth-order valence-corrected chi connectivity index (χ4v) is 7.39. The van der Waals surface area contributed by atoms with Gasteiger partial charge in [0, 0.05) is 21.9 Å². The molecule has 1 aromatic heterocycles.